The molecule has 0 bridgehead atoms. The van der Waals surface area contributed by atoms with E-state index in [-0.39, 0.29) is 5.75 Å². The number of nitrogens with zero attached hydrogens (tertiary/aromatic N) is 1. The number of halogens is 1. The molecule has 0 aromatic rings. The highest BCUT2D eigenvalue weighted by molar-refractivity contribution is 9.09. The second-order valence-corrected chi connectivity index (χ2v) is 7.22. The van der Waals surface area contributed by atoms with Crippen molar-refractivity contribution in [1.29, 1.82) is 0 Å². The van der Waals surface area contributed by atoms with E-state index in [9.17, 15) is 8.42 Å². The van der Waals surface area contributed by atoms with E-state index in [1.165, 1.54) is 0 Å². The van der Waals surface area contributed by atoms with Crippen LogP contribution < -0.4 is 0 Å². The highest BCUT2D eigenvalue weighted by Gasteiger charge is 2.30. The van der Waals surface area contributed by atoms with Gasteiger partial charge in [0.2, 0.25) is 10.0 Å². The van der Waals surface area contributed by atoms with Crippen LogP contribution in [0.1, 0.15) is 26.7 Å². The van der Waals surface area contributed by atoms with Gasteiger partial charge >= 0.3 is 0 Å². The Morgan fingerprint density at radius 3 is 2.64 bits per heavy atom. The molecule has 1 aliphatic rings. The van der Waals surface area contributed by atoms with Crippen molar-refractivity contribution >= 4 is 26.0 Å². The lowest BCUT2D eigenvalue weighted by Gasteiger charge is -2.33. The molecule has 5 heteroatoms. The van der Waals surface area contributed by atoms with Crippen LogP contribution in [-0.2, 0) is 10.0 Å². The average molecular weight is 284 g/mol. The molecular weight excluding hydrogens is 266 g/mol. The minimum atomic E-state index is -2.98. The van der Waals surface area contributed by atoms with E-state index in [4.69, 9.17) is 0 Å². The zero-order valence-electron chi connectivity index (χ0n) is 8.74. The summed E-state index contributed by atoms with van der Waals surface area (Å²) in [6, 6.07) is 0. The number of sulfonamides is 1. The van der Waals surface area contributed by atoms with Crippen molar-refractivity contribution in [3.63, 3.8) is 0 Å². The molecule has 2 atom stereocenters. The lowest BCUT2D eigenvalue weighted by molar-refractivity contribution is 0.291. The number of hydrogen-bond donors (Lipinski definition) is 0. The van der Waals surface area contributed by atoms with Crippen molar-refractivity contribution < 1.29 is 8.42 Å². The van der Waals surface area contributed by atoms with E-state index < -0.39 is 10.0 Å². The van der Waals surface area contributed by atoms with Crippen LogP contribution in [0.2, 0.25) is 0 Å². The molecular formula is C9H18BrNO2S. The summed E-state index contributed by atoms with van der Waals surface area (Å²) >= 11 is 3.57. The molecule has 0 aromatic carbocycles. The number of rotatable bonds is 3. The molecule has 0 saturated carbocycles. The van der Waals surface area contributed by atoms with Gasteiger partial charge in [-0.05, 0) is 18.8 Å². The van der Waals surface area contributed by atoms with Gasteiger partial charge in [-0.1, -0.05) is 29.8 Å². The summed E-state index contributed by atoms with van der Waals surface area (Å²) in [5.41, 5.74) is 0. The van der Waals surface area contributed by atoms with Crippen LogP contribution >= 0.6 is 15.9 Å². The third-order valence-corrected chi connectivity index (χ3v) is 6.02. The molecule has 14 heavy (non-hydrogen) atoms. The molecule has 1 saturated heterocycles. The molecule has 0 N–H and O–H groups in total. The van der Waals surface area contributed by atoms with E-state index >= 15 is 0 Å². The third kappa shape index (κ3) is 2.94. The summed E-state index contributed by atoms with van der Waals surface area (Å²) < 4.78 is 25.1. The Labute approximate surface area is 95.0 Å². The van der Waals surface area contributed by atoms with Gasteiger partial charge in [0.25, 0.3) is 0 Å². The highest BCUT2D eigenvalue weighted by Crippen LogP contribution is 2.25. The van der Waals surface area contributed by atoms with Gasteiger partial charge in [-0.25, -0.2) is 12.7 Å². The summed E-state index contributed by atoms with van der Waals surface area (Å²) in [6.07, 6.45) is 1.62. The number of alkyl halides is 1. The number of piperidine rings is 1. The van der Waals surface area contributed by atoms with Crippen LogP contribution in [0.3, 0.4) is 0 Å². The average Bonchev–Trinajstić information content (AvgIpc) is 2.09. The Kier molecular flexibility index (Phi) is 4.40. The largest absolute Gasteiger partial charge is 0.214 e. The van der Waals surface area contributed by atoms with Crippen LogP contribution in [0.25, 0.3) is 0 Å². The van der Waals surface area contributed by atoms with Crippen LogP contribution in [-0.4, -0.2) is 36.4 Å². The van der Waals surface area contributed by atoms with Crippen molar-refractivity contribution in [2.75, 3.05) is 18.8 Å². The van der Waals surface area contributed by atoms with Crippen LogP contribution in [0.4, 0.5) is 0 Å². The van der Waals surface area contributed by atoms with Crippen LogP contribution in [0.5, 0.6) is 0 Å². The van der Waals surface area contributed by atoms with Gasteiger partial charge in [-0.2, -0.15) is 0 Å². The normalized spacial score (nSPS) is 30.5. The smallest absolute Gasteiger partial charge is 0.212 e. The molecule has 0 amide bonds. The molecule has 3 nitrogen and oxygen atoms in total. The topological polar surface area (TPSA) is 37.4 Å². The maximum absolute atomic E-state index is 11.7. The predicted molar refractivity (Wildman–Crippen MR) is 62.1 cm³/mol. The van der Waals surface area contributed by atoms with E-state index in [0.29, 0.717) is 30.3 Å². The van der Waals surface area contributed by atoms with Gasteiger partial charge in [0.15, 0.2) is 0 Å². The van der Waals surface area contributed by atoms with E-state index in [1.807, 2.05) is 6.92 Å². The molecule has 0 spiro atoms. The Balaban J connectivity index is 2.63. The van der Waals surface area contributed by atoms with Crippen LogP contribution in [0, 0.1) is 5.92 Å². The first-order chi connectivity index (χ1) is 6.47. The third-order valence-electron chi connectivity index (χ3n) is 2.62. The zero-order chi connectivity index (χ0) is 10.8. The van der Waals surface area contributed by atoms with Gasteiger partial charge in [0.1, 0.15) is 0 Å². The minimum absolute atomic E-state index is 0.284. The molecule has 0 radical (unpaired) electrons. The summed E-state index contributed by atoms with van der Waals surface area (Å²) in [5, 5.41) is 0. The van der Waals surface area contributed by atoms with Gasteiger partial charge in [-0.15, -0.1) is 0 Å². The molecule has 0 aromatic heterocycles. The monoisotopic (exact) mass is 283 g/mol. The lowest BCUT2D eigenvalue weighted by Crippen LogP contribution is -2.44. The Bertz CT molecular complexity index is 279. The van der Waals surface area contributed by atoms with Crippen molar-refractivity contribution in [2.45, 2.75) is 31.5 Å². The quantitative estimate of drug-likeness (QED) is 0.741. The second kappa shape index (κ2) is 4.94. The Morgan fingerprint density at radius 2 is 2.14 bits per heavy atom. The van der Waals surface area contributed by atoms with Gasteiger partial charge in [-0.3, -0.25) is 0 Å². The fourth-order valence-electron chi connectivity index (χ4n) is 1.72. The fourth-order valence-corrected chi connectivity index (χ4v) is 3.71. The number of hydrogen-bond acceptors (Lipinski definition) is 2. The SMILES string of the molecule is CCCS(=O)(=O)N1CCC(Br)C(C)C1. The maximum atomic E-state index is 11.7. The fraction of sp³-hybridized carbons (Fsp3) is 1.00. The summed E-state index contributed by atoms with van der Waals surface area (Å²) in [5.74, 6) is 0.697. The summed E-state index contributed by atoms with van der Waals surface area (Å²) in [6.45, 7) is 5.33. The Morgan fingerprint density at radius 1 is 1.50 bits per heavy atom. The van der Waals surface area contributed by atoms with Crippen molar-refractivity contribution in [1.82, 2.24) is 4.31 Å². The highest BCUT2D eigenvalue weighted by atomic mass is 79.9. The maximum Gasteiger partial charge on any atom is 0.214 e. The molecule has 1 rings (SSSR count). The molecule has 1 aliphatic heterocycles. The molecule has 1 fully saturated rings. The van der Waals surface area contributed by atoms with Crippen molar-refractivity contribution in [3.05, 3.63) is 0 Å². The molecule has 2 unspecified atom stereocenters. The van der Waals surface area contributed by atoms with Gasteiger partial charge < -0.3 is 0 Å². The van der Waals surface area contributed by atoms with Gasteiger partial charge in [0, 0.05) is 17.9 Å². The molecule has 1 heterocycles. The van der Waals surface area contributed by atoms with Crippen LogP contribution in [0.15, 0.2) is 0 Å². The first-order valence-corrected chi connectivity index (χ1v) is 7.61. The van der Waals surface area contributed by atoms with Crippen molar-refractivity contribution in [2.24, 2.45) is 5.92 Å². The second-order valence-electron chi connectivity index (χ2n) is 3.96. The first kappa shape index (κ1) is 12.5. The van der Waals surface area contributed by atoms with Crippen molar-refractivity contribution in [3.8, 4) is 0 Å². The van der Waals surface area contributed by atoms with Gasteiger partial charge in [0.05, 0.1) is 5.75 Å². The van der Waals surface area contributed by atoms with E-state index in [0.717, 1.165) is 6.42 Å². The predicted octanol–water partition coefficient (Wildman–Crippen LogP) is 1.83. The van der Waals surface area contributed by atoms with E-state index in [1.54, 1.807) is 4.31 Å². The molecule has 84 valence electrons. The standard InChI is InChI=1S/C9H18BrNO2S/c1-3-6-14(12,13)11-5-4-9(10)8(2)7-11/h8-9H,3-7H2,1-2H3. The minimum Gasteiger partial charge on any atom is -0.212 e. The Hall–Kier alpha value is 0.390. The molecule has 0 aliphatic carbocycles. The van der Waals surface area contributed by atoms with E-state index in [2.05, 4.69) is 22.9 Å². The summed E-state index contributed by atoms with van der Waals surface area (Å²) in [7, 11) is -2.98. The summed E-state index contributed by atoms with van der Waals surface area (Å²) in [4.78, 5) is 0.468. The first-order valence-electron chi connectivity index (χ1n) is 5.09. The zero-order valence-corrected chi connectivity index (χ0v) is 11.1. The lowest BCUT2D eigenvalue weighted by atomic mass is 10.0.